The molecule has 0 radical (unpaired) electrons. The molecule has 3 rings (SSSR count). The highest BCUT2D eigenvalue weighted by Gasteiger charge is 2.11. The number of nitrogens with two attached hydrogens (primary N) is 1. The summed E-state index contributed by atoms with van der Waals surface area (Å²) in [5, 5.41) is 2.88. The number of amides is 3. The van der Waals surface area contributed by atoms with Gasteiger partial charge in [0.2, 0.25) is 0 Å². The molecule has 0 fully saturated rings. The van der Waals surface area contributed by atoms with Gasteiger partial charge in [-0.1, -0.05) is 36.4 Å². The zero-order valence-electron chi connectivity index (χ0n) is 18.0. The summed E-state index contributed by atoms with van der Waals surface area (Å²) in [5.74, 6) is -0.463. The summed E-state index contributed by atoms with van der Waals surface area (Å²) < 4.78 is 5.73. The van der Waals surface area contributed by atoms with Crippen LogP contribution in [0.25, 0.3) is 0 Å². The van der Waals surface area contributed by atoms with Gasteiger partial charge >= 0.3 is 0 Å². The van der Waals surface area contributed by atoms with Crippen LogP contribution in [0.15, 0.2) is 72.8 Å². The summed E-state index contributed by atoms with van der Waals surface area (Å²) in [7, 11) is 3.40. The maximum atomic E-state index is 12.6. The second-order valence-corrected chi connectivity index (χ2v) is 7.43. The maximum Gasteiger partial charge on any atom is 0.253 e. The molecular formula is C25H25N3O4. The second kappa shape index (κ2) is 10.3. The third kappa shape index (κ3) is 5.72. The molecule has 3 N–H and O–H groups in total. The molecule has 0 aromatic heterocycles. The molecule has 3 aromatic carbocycles. The predicted octanol–water partition coefficient (Wildman–Crippen LogP) is 3.00. The Balaban J connectivity index is 1.59. The molecule has 164 valence electrons. The zero-order valence-corrected chi connectivity index (χ0v) is 18.0. The normalized spacial score (nSPS) is 10.3. The highest BCUT2D eigenvalue weighted by Crippen LogP contribution is 2.19. The molecule has 0 unspecified atom stereocenters. The number of carbonyl (C=O) groups is 3. The molecule has 0 heterocycles. The Kier molecular flexibility index (Phi) is 7.23. The SMILES string of the molecule is CN(C)C(=O)c1ccc(CNC(=O)c2cccc(COc3ccccc3C(N)=O)c2)cc1. The number of ether oxygens (including phenoxy) is 1. The van der Waals surface area contributed by atoms with Crippen LogP contribution in [0.5, 0.6) is 5.75 Å². The van der Waals surface area contributed by atoms with E-state index in [1.165, 1.54) is 4.90 Å². The molecule has 3 amide bonds. The first-order chi connectivity index (χ1) is 15.3. The average molecular weight is 431 g/mol. The van der Waals surface area contributed by atoms with Crippen molar-refractivity contribution in [2.75, 3.05) is 14.1 Å². The van der Waals surface area contributed by atoms with Gasteiger partial charge in [0.25, 0.3) is 17.7 Å². The summed E-state index contributed by atoms with van der Waals surface area (Å²) in [6, 6.07) is 20.9. The third-order valence-corrected chi connectivity index (χ3v) is 4.80. The monoisotopic (exact) mass is 431 g/mol. The van der Waals surface area contributed by atoms with Crippen LogP contribution in [0.4, 0.5) is 0 Å². The van der Waals surface area contributed by atoms with Crippen LogP contribution < -0.4 is 15.8 Å². The molecular weight excluding hydrogens is 406 g/mol. The van der Waals surface area contributed by atoms with Gasteiger partial charge in [0.05, 0.1) is 5.56 Å². The molecule has 0 spiro atoms. The van der Waals surface area contributed by atoms with E-state index in [1.807, 2.05) is 18.2 Å². The van der Waals surface area contributed by atoms with Gasteiger partial charge < -0.3 is 20.7 Å². The number of rotatable bonds is 8. The van der Waals surface area contributed by atoms with Crippen LogP contribution in [-0.4, -0.2) is 36.7 Å². The van der Waals surface area contributed by atoms with Gasteiger partial charge in [-0.15, -0.1) is 0 Å². The first kappa shape index (κ1) is 22.6. The highest BCUT2D eigenvalue weighted by molar-refractivity contribution is 5.96. The van der Waals surface area contributed by atoms with Crippen LogP contribution in [0.2, 0.25) is 0 Å². The first-order valence-electron chi connectivity index (χ1n) is 10.0. The second-order valence-electron chi connectivity index (χ2n) is 7.43. The van der Waals surface area contributed by atoms with E-state index in [-0.39, 0.29) is 18.4 Å². The largest absolute Gasteiger partial charge is 0.488 e. The van der Waals surface area contributed by atoms with Crippen molar-refractivity contribution in [3.8, 4) is 5.75 Å². The van der Waals surface area contributed by atoms with E-state index >= 15 is 0 Å². The third-order valence-electron chi connectivity index (χ3n) is 4.80. The first-order valence-corrected chi connectivity index (χ1v) is 10.0. The van der Waals surface area contributed by atoms with Crippen molar-refractivity contribution in [2.24, 2.45) is 5.73 Å². The van der Waals surface area contributed by atoms with Gasteiger partial charge in [-0.25, -0.2) is 0 Å². The van der Waals surface area contributed by atoms with Gasteiger partial charge in [0.1, 0.15) is 12.4 Å². The number of hydrogen-bond acceptors (Lipinski definition) is 4. The van der Waals surface area contributed by atoms with Crippen molar-refractivity contribution in [1.82, 2.24) is 10.2 Å². The van der Waals surface area contributed by atoms with E-state index in [1.54, 1.807) is 68.7 Å². The molecule has 7 heteroatoms. The van der Waals surface area contributed by atoms with Crippen LogP contribution >= 0.6 is 0 Å². The molecule has 0 aliphatic carbocycles. The van der Waals surface area contributed by atoms with Crippen LogP contribution in [0.3, 0.4) is 0 Å². The van der Waals surface area contributed by atoms with Crippen molar-refractivity contribution in [3.63, 3.8) is 0 Å². The van der Waals surface area contributed by atoms with Crippen molar-refractivity contribution >= 4 is 17.7 Å². The summed E-state index contributed by atoms with van der Waals surface area (Å²) in [6.45, 7) is 0.523. The molecule has 0 atom stereocenters. The molecule has 0 saturated carbocycles. The Labute approximate surface area is 186 Å². The van der Waals surface area contributed by atoms with E-state index in [4.69, 9.17) is 10.5 Å². The van der Waals surface area contributed by atoms with E-state index in [2.05, 4.69) is 5.32 Å². The van der Waals surface area contributed by atoms with Gasteiger partial charge in [-0.2, -0.15) is 0 Å². The summed E-state index contributed by atoms with van der Waals surface area (Å²) in [5.41, 5.74) is 8.43. The molecule has 32 heavy (non-hydrogen) atoms. The number of benzene rings is 3. The van der Waals surface area contributed by atoms with E-state index in [0.29, 0.717) is 29.0 Å². The summed E-state index contributed by atoms with van der Waals surface area (Å²) in [6.07, 6.45) is 0. The summed E-state index contributed by atoms with van der Waals surface area (Å²) in [4.78, 5) is 37.6. The Morgan fingerprint density at radius 3 is 2.28 bits per heavy atom. The number of carbonyl (C=O) groups excluding carboxylic acids is 3. The zero-order chi connectivity index (χ0) is 23.1. The molecule has 0 aliphatic rings. The number of primary amides is 1. The Morgan fingerprint density at radius 1 is 0.875 bits per heavy atom. The van der Waals surface area contributed by atoms with Gasteiger partial charge in [0.15, 0.2) is 0 Å². The molecule has 0 bridgehead atoms. The van der Waals surface area contributed by atoms with Crippen molar-refractivity contribution in [3.05, 3.63) is 101 Å². The fraction of sp³-hybridized carbons (Fsp3) is 0.160. The number of hydrogen-bond donors (Lipinski definition) is 2. The maximum absolute atomic E-state index is 12.6. The van der Waals surface area contributed by atoms with Crippen LogP contribution in [-0.2, 0) is 13.2 Å². The van der Waals surface area contributed by atoms with Crippen molar-refractivity contribution in [1.29, 1.82) is 0 Å². The predicted molar refractivity (Wildman–Crippen MR) is 121 cm³/mol. The van der Waals surface area contributed by atoms with Crippen LogP contribution in [0, 0.1) is 0 Å². The van der Waals surface area contributed by atoms with Crippen molar-refractivity contribution < 1.29 is 19.1 Å². The average Bonchev–Trinajstić information content (AvgIpc) is 2.81. The quantitative estimate of drug-likeness (QED) is 0.572. The van der Waals surface area contributed by atoms with Gasteiger partial charge in [0, 0.05) is 31.8 Å². The van der Waals surface area contributed by atoms with Gasteiger partial charge in [-0.3, -0.25) is 14.4 Å². The topological polar surface area (TPSA) is 102 Å². The smallest absolute Gasteiger partial charge is 0.253 e. The summed E-state index contributed by atoms with van der Waals surface area (Å²) >= 11 is 0. The fourth-order valence-corrected chi connectivity index (χ4v) is 3.07. The lowest BCUT2D eigenvalue weighted by atomic mass is 10.1. The number of para-hydroxylation sites is 1. The minimum atomic E-state index is -0.562. The standard InChI is InChI=1S/C25H25N3O4/c1-28(2)25(31)19-12-10-17(11-13-19)15-27-24(30)20-7-5-6-18(14-20)16-32-22-9-4-3-8-21(22)23(26)29/h3-14H,15-16H2,1-2H3,(H2,26,29)(H,27,30). The van der Waals surface area contributed by atoms with E-state index in [0.717, 1.165) is 11.1 Å². The number of nitrogens with one attached hydrogen (secondary N) is 1. The molecule has 3 aromatic rings. The van der Waals surface area contributed by atoms with E-state index < -0.39 is 5.91 Å². The minimum absolute atomic E-state index is 0.0712. The lowest BCUT2D eigenvalue weighted by Crippen LogP contribution is -2.23. The molecule has 7 nitrogen and oxygen atoms in total. The Bertz CT molecular complexity index is 1120. The fourth-order valence-electron chi connectivity index (χ4n) is 3.07. The molecule has 0 saturated heterocycles. The van der Waals surface area contributed by atoms with Crippen LogP contribution in [0.1, 0.15) is 42.2 Å². The highest BCUT2D eigenvalue weighted by atomic mass is 16.5. The Hall–Kier alpha value is -4.13. The lowest BCUT2D eigenvalue weighted by Gasteiger charge is -2.11. The number of nitrogens with zero attached hydrogens (tertiary/aromatic N) is 1. The molecule has 0 aliphatic heterocycles. The lowest BCUT2D eigenvalue weighted by molar-refractivity contribution is 0.0826. The van der Waals surface area contributed by atoms with E-state index in [9.17, 15) is 14.4 Å². The van der Waals surface area contributed by atoms with Crippen molar-refractivity contribution in [2.45, 2.75) is 13.2 Å². The van der Waals surface area contributed by atoms with Gasteiger partial charge in [-0.05, 0) is 47.5 Å². The Morgan fingerprint density at radius 2 is 1.59 bits per heavy atom. The minimum Gasteiger partial charge on any atom is -0.488 e.